The first-order valence-corrected chi connectivity index (χ1v) is 8.08. The number of methoxy groups -OCH3 is 4. The average Bonchev–Trinajstić information content (AvgIpc) is 2.65. The van der Waals surface area contributed by atoms with Crippen molar-refractivity contribution in [3.05, 3.63) is 33.9 Å². The van der Waals surface area contributed by atoms with Gasteiger partial charge in [-0.3, -0.25) is 9.79 Å². The van der Waals surface area contributed by atoms with E-state index in [1.807, 2.05) is 0 Å². The zero-order valence-corrected chi connectivity index (χ0v) is 15.8. The van der Waals surface area contributed by atoms with Crippen LogP contribution in [-0.4, -0.2) is 46.6 Å². The zero-order valence-electron chi connectivity index (χ0n) is 14.2. The molecule has 2 rings (SSSR count). The van der Waals surface area contributed by atoms with Crippen LogP contribution in [0.25, 0.3) is 0 Å². The van der Waals surface area contributed by atoms with Gasteiger partial charge in [0.2, 0.25) is 0 Å². The number of hydrogen-bond donors (Lipinski definition) is 0. The number of ether oxygens (including phenoxy) is 4. The van der Waals surface area contributed by atoms with Gasteiger partial charge in [-0.1, -0.05) is 0 Å². The first-order valence-electron chi connectivity index (χ1n) is 7.29. The summed E-state index contributed by atoms with van der Waals surface area (Å²) in [5.41, 5.74) is 0.809. The van der Waals surface area contributed by atoms with Crippen LogP contribution >= 0.6 is 15.9 Å². The molecule has 0 N–H and O–H groups in total. The summed E-state index contributed by atoms with van der Waals surface area (Å²) in [4.78, 5) is 28.5. The van der Waals surface area contributed by atoms with Crippen molar-refractivity contribution < 1.29 is 28.5 Å². The summed E-state index contributed by atoms with van der Waals surface area (Å²) in [6.45, 7) is 0. The quantitative estimate of drug-likeness (QED) is 0.692. The molecule has 1 unspecified atom stereocenters. The van der Waals surface area contributed by atoms with E-state index in [0.29, 0.717) is 21.5 Å². The Morgan fingerprint density at radius 1 is 1.04 bits per heavy atom. The lowest BCUT2D eigenvalue weighted by Gasteiger charge is -2.28. The lowest BCUT2D eigenvalue weighted by atomic mass is 9.79. The van der Waals surface area contributed by atoms with Crippen LogP contribution in [0.1, 0.15) is 11.5 Å². The minimum absolute atomic E-state index is 0.225. The highest BCUT2D eigenvalue weighted by Gasteiger charge is 2.39. The van der Waals surface area contributed by atoms with Crippen molar-refractivity contribution in [1.82, 2.24) is 0 Å². The Morgan fingerprint density at radius 3 is 2.28 bits per heavy atom. The highest BCUT2D eigenvalue weighted by atomic mass is 79.9. The SMILES string of the molecule is COC(=O)C1=CN=CC(C(=O)OC)[C@@H]1c1cc(OC)c(Br)cc1OC. The molecule has 0 bridgehead atoms. The number of esters is 2. The Hall–Kier alpha value is -2.35. The van der Waals surface area contributed by atoms with E-state index in [-0.39, 0.29) is 5.57 Å². The highest BCUT2D eigenvalue weighted by Crippen LogP contribution is 2.43. The molecule has 0 spiro atoms. The van der Waals surface area contributed by atoms with Crippen molar-refractivity contribution in [2.45, 2.75) is 5.92 Å². The summed E-state index contributed by atoms with van der Waals surface area (Å²) < 4.78 is 21.2. The molecule has 2 atom stereocenters. The van der Waals surface area contributed by atoms with E-state index in [1.54, 1.807) is 12.1 Å². The molecule has 1 aliphatic heterocycles. The van der Waals surface area contributed by atoms with Crippen LogP contribution in [0, 0.1) is 5.92 Å². The minimum Gasteiger partial charge on any atom is -0.496 e. The Balaban J connectivity index is 2.67. The standard InChI is InChI=1S/C17H18BrNO6/c1-22-13-6-12(18)14(23-2)5-9(13)15-10(16(20)24-3)7-19-8-11(15)17(21)25-4/h5-8,10,15H,1-4H3/t10?,15-/m0/s1. The van der Waals surface area contributed by atoms with Gasteiger partial charge in [-0.15, -0.1) is 0 Å². The van der Waals surface area contributed by atoms with E-state index in [2.05, 4.69) is 20.9 Å². The molecule has 0 aliphatic carbocycles. The maximum absolute atomic E-state index is 12.3. The first-order chi connectivity index (χ1) is 12.0. The van der Waals surface area contributed by atoms with Gasteiger partial charge in [-0.2, -0.15) is 0 Å². The van der Waals surface area contributed by atoms with E-state index in [1.165, 1.54) is 40.9 Å². The second-order valence-corrected chi connectivity index (χ2v) is 5.98. The van der Waals surface area contributed by atoms with Crippen molar-refractivity contribution >= 4 is 34.1 Å². The summed E-state index contributed by atoms with van der Waals surface area (Å²) >= 11 is 3.39. The minimum atomic E-state index is -0.802. The highest BCUT2D eigenvalue weighted by molar-refractivity contribution is 9.10. The van der Waals surface area contributed by atoms with Crippen LogP contribution < -0.4 is 9.47 Å². The number of nitrogens with zero attached hydrogens (tertiary/aromatic N) is 1. The van der Waals surface area contributed by atoms with Gasteiger partial charge < -0.3 is 18.9 Å². The van der Waals surface area contributed by atoms with Crippen LogP contribution in [0.3, 0.4) is 0 Å². The van der Waals surface area contributed by atoms with E-state index in [9.17, 15) is 9.59 Å². The topological polar surface area (TPSA) is 83.4 Å². The first kappa shape index (κ1) is 19.0. The van der Waals surface area contributed by atoms with Crippen molar-refractivity contribution in [2.75, 3.05) is 28.4 Å². The van der Waals surface area contributed by atoms with Gasteiger partial charge in [0.25, 0.3) is 0 Å². The van der Waals surface area contributed by atoms with Crippen LogP contribution in [-0.2, 0) is 19.1 Å². The third-order valence-electron chi connectivity index (χ3n) is 3.89. The molecule has 1 aromatic rings. The van der Waals surface area contributed by atoms with Gasteiger partial charge in [0, 0.05) is 23.9 Å². The fraction of sp³-hybridized carbons (Fsp3) is 0.353. The van der Waals surface area contributed by atoms with Gasteiger partial charge >= 0.3 is 11.9 Å². The Labute approximate surface area is 153 Å². The molecule has 134 valence electrons. The molecule has 0 aromatic heterocycles. The van der Waals surface area contributed by atoms with Crippen LogP contribution in [0.4, 0.5) is 0 Å². The molecular weight excluding hydrogens is 394 g/mol. The van der Waals surface area contributed by atoms with Crippen molar-refractivity contribution in [2.24, 2.45) is 10.9 Å². The van der Waals surface area contributed by atoms with Gasteiger partial charge in [-0.25, -0.2) is 4.79 Å². The lowest BCUT2D eigenvalue weighted by molar-refractivity contribution is -0.143. The fourth-order valence-corrected chi connectivity index (χ4v) is 3.18. The maximum Gasteiger partial charge on any atom is 0.335 e. The van der Waals surface area contributed by atoms with Gasteiger partial charge in [0.05, 0.1) is 38.5 Å². The van der Waals surface area contributed by atoms with E-state index in [0.717, 1.165) is 0 Å². The van der Waals surface area contributed by atoms with Crippen molar-refractivity contribution in [3.63, 3.8) is 0 Å². The Morgan fingerprint density at radius 2 is 1.72 bits per heavy atom. The molecular formula is C17H18BrNO6. The van der Waals surface area contributed by atoms with Crippen molar-refractivity contribution in [1.29, 1.82) is 0 Å². The van der Waals surface area contributed by atoms with Crippen LogP contribution in [0.15, 0.2) is 33.4 Å². The third-order valence-corrected chi connectivity index (χ3v) is 4.51. The number of halogens is 1. The second kappa shape index (κ2) is 8.15. The number of aliphatic imine (C=N–C) groups is 1. The Kier molecular flexibility index (Phi) is 6.19. The second-order valence-electron chi connectivity index (χ2n) is 5.13. The summed E-state index contributed by atoms with van der Waals surface area (Å²) in [6, 6.07) is 3.42. The maximum atomic E-state index is 12.3. The number of hydrogen-bond acceptors (Lipinski definition) is 7. The zero-order chi connectivity index (χ0) is 18.6. The smallest absolute Gasteiger partial charge is 0.335 e. The third kappa shape index (κ3) is 3.68. The van der Waals surface area contributed by atoms with E-state index >= 15 is 0 Å². The number of carbonyl (C=O) groups excluding carboxylic acids is 2. The molecule has 0 saturated carbocycles. The monoisotopic (exact) mass is 411 g/mol. The van der Waals surface area contributed by atoms with Gasteiger partial charge in [0.1, 0.15) is 17.4 Å². The molecule has 0 fully saturated rings. The molecule has 0 saturated heterocycles. The summed E-state index contributed by atoms with van der Waals surface area (Å²) in [5, 5.41) is 0. The number of rotatable bonds is 5. The van der Waals surface area contributed by atoms with Gasteiger partial charge in [0.15, 0.2) is 0 Å². The Bertz CT molecular complexity index is 743. The molecule has 1 aromatic carbocycles. The van der Waals surface area contributed by atoms with E-state index in [4.69, 9.17) is 18.9 Å². The number of carbonyl (C=O) groups is 2. The summed E-state index contributed by atoms with van der Waals surface area (Å²) in [6.07, 6.45) is 2.82. The van der Waals surface area contributed by atoms with Crippen molar-refractivity contribution in [3.8, 4) is 11.5 Å². The summed E-state index contributed by atoms with van der Waals surface area (Å²) in [5.74, 6) is -1.58. The predicted octanol–water partition coefficient (Wildman–Crippen LogP) is 2.48. The molecule has 7 nitrogen and oxygen atoms in total. The van der Waals surface area contributed by atoms with Crippen LogP contribution in [0.2, 0.25) is 0 Å². The normalized spacial score (nSPS) is 19.0. The van der Waals surface area contributed by atoms with Crippen LogP contribution in [0.5, 0.6) is 11.5 Å². The average molecular weight is 412 g/mol. The van der Waals surface area contributed by atoms with Gasteiger partial charge in [-0.05, 0) is 28.1 Å². The molecule has 0 amide bonds. The fourth-order valence-electron chi connectivity index (χ4n) is 2.69. The lowest BCUT2D eigenvalue weighted by Crippen LogP contribution is -2.31. The van der Waals surface area contributed by atoms with E-state index < -0.39 is 23.8 Å². The summed E-state index contributed by atoms with van der Waals surface area (Å²) in [7, 11) is 5.57. The molecule has 1 heterocycles. The predicted molar refractivity (Wildman–Crippen MR) is 94.1 cm³/mol. The molecule has 25 heavy (non-hydrogen) atoms. The molecule has 8 heteroatoms. The molecule has 1 aliphatic rings. The number of benzene rings is 1. The molecule has 0 radical (unpaired) electrons. The largest absolute Gasteiger partial charge is 0.496 e.